The molecule has 1 fully saturated rings. The number of hydrogen-bond donors (Lipinski definition) is 1. The average Bonchev–Trinajstić information content (AvgIpc) is 2.41. The maximum Gasteiger partial charge on any atom is 0.320 e. The molecule has 0 aromatic heterocycles. The van der Waals surface area contributed by atoms with Gasteiger partial charge in [0.1, 0.15) is 6.04 Å². The van der Waals surface area contributed by atoms with Gasteiger partial charge in [0.05, 0.1) is 4.92 Å². The minimum absolute atomic E-state index is 0.0739. The molecule has 0 amide bonds. The summed E-state index contributed by atoms with van der Waals surface area (Å²) < 4.78 is 14.0. The van der Waals surface area contributed by atoms with Gasteiger partial charge in [0.25, 0.3) is 0 Å². The number of nitro groups is 1. The van der Waals surface area contributed by atoms with Gasteiger partial charge in [-0.3, -0.25) is 19.8 Å². The molecule has 20 heavy (non-hydrogen) atoms. The van der Waals surface area contributed by atoms with E-state index in [-0.39, 0.29) is 12.1 Å². The van der Waals surface area contributed by atoms with Crippen molar-refractivity contribution < 1.29 is 19.2 Å². The van der Waals surface area contributed by atoms with Crippen LogP contribution in [0.4, 0.5) is 10.1 Å². The van der Waals surface area contributed by atoms with E-state index in [0.717, 1.165) is 18.9 Å². The summed E-state index contributed by atoms with van der Waals surface area (Å²) in [6.07, 6.45) is 2.19. The number of hydrogen-bond acceptors (Lipinski definition) is 4. The van der Waals surface area contributed by atoms with Gasteiger partial charge in [-0.05, 0) is 19.4 Å². The fourth-order valence-electron chi connectivity index (χ4n) is 2.51. The summed E-state index contributed by atoms with van der Waals surface area (Å²) in [5, 5.41) is 19.9. The van der Waals surface area contributed by atoms with E-state index in [4.69, 9.17) is 5.11 Å². The van der Waals surface area contributed by atoms with Crippen LogP contribution in [-0.2, 0) is 11.3 Å². The van der Waals surface area contributed by atoms with Gasteiger partial charge in [0.15, 0.2) is 0 Å². The summed E-state index contributed by atoms with van der Waals surface area (Å²) in [5.74, 6) is -1.82. The summed E-state index contributed by atoms with van der Waals surface area (Å²) in [6, 6.07) is 3.32. The summed E-state index contributed by atoms with van der Waals surface area (Å²) in [5.41, 5.74) is -0.418. The van der Waals surface area contributed by atoms with E-state index in [1.54, 1.807) is 4.90 Å². The Bertz CT molecular complexity index is 535. The molecule has 0 spiro atoms. The zero-order chi connectivity index (χ0) is 14.7. The highest BCUT2D eigenvalue weighted by molar-refractivity contribution is 5.73. The van der Waals surface area contributed by atoms with Crippen molar-refractivity contribution in [1.82, 2.24) is 4.90 Å². The van der Waals surface area contributed by atoms with Gasteiger partial charge in [-0.1, -0.05) is 18.6 Å². The maximum atomic E-state index is 14.0. The van der Waals surface area contributed by atoms with Crippen LogP contribution >= 0.6 is 0 Å². The molecule has 7 heteroatoms. The van der Waals surface area contributed by atoms with Gasteiger partial charge >= 0.3 is 11.7 Å². The van der Waals surface area contributed by atoms with E-state index in [1.165, 1.54) is 12.1 Å². The second-order valence-corrected chi connectivity index (χ2v) is 4.83. The SMILES string of the molecule is O=C(O)C1CCCCN1Cc1cccc([N+](=O)[O-])c1F. The Morgan fingerprint density at radius 2 is 2.25 bits per heavy atom. The van der Waals surface area contributed by atoms with Crippen LogP contribution in [-0.4, -0.2) is 33.5 Å². The second kappa shape index (κ2) is 5.96. The van der Waals surface area contributed by atoms with Crippen molar-refractivity contribution >= 4 is 11.7 Å². The zero-order valence-corrected chi connectivity index (χ0v) is 10.8. The highest BCUT2D eigenvalue weighted by Crippen LogP contribution is 2.24. The van der Waals surface area contributed by atoms with E-state index in [1.807, 2.05) is 0 Å². The van der Waals surface area contributed by atoms with Crippen molar-refractivity contribution in [3.05, 3.63) is 39.7 Å². The topological polar surface area (TPSA) is 83.7 Å². The van der Waals surface area contributed by atoms with Gasteiger partial charge in [-0.15, -0.1) is 0 Å². The summed E-state index contributed by atoms with van der Waals surface area (Å²) in [6.45, 7) is 0.629. The number of aliphatic carboxylic acids is 1. The lowest BCUT2D eigenvalue weighted by Crippen LogP contribution is -2.44. The van der Waals surface area contributed by atoms with E-state index < -0.39 is 28.4 Å². The van der Waals surface area contributed by atoms with Crippen molar-refractivity contribution in [3.8, 4) is 0 Å². The van der Waals surface area contributed by atoms with Crippen LogP contribution in [0.3, 0.4) is 0 Å². The Morgan fingerprint density at radius 3 is 2.90 bits per heavy atom. The van der Waals surface area contributed by atoms with Crippen LogP contribution in [0.15, 0.2) is 18.2 Å². The number of likely N-dealkylation sites (tertiary alicyclic amines) is 1. The molecule has 1 heterocycles. The van der Waals surface area contributed by atoms with Gasteiger partial charge < -0.3 is 5.11 Å². The Balaban J connectivity index is 2.22. The molecule has 2 rings (SSSR count). The minimum Gasteiger partial charge on any atom is -0.480 e. The molecule has 108 valence electrons. The van der Waals surface area contributed by atoms with Crippen molar-refractivity contribution in [2.24, 2.45) is 0 Å². The number of halogens is 1. The largest absolute Gasteiger partial charge is 0.480 e. The van der Waals surface area contributed by atoms with Crippen LogP contribution < -0.4 is 0 Å². The van der Waals surface area contributed by atoms with Crippen LogP contribution in [0, 0.1) is 15.9 Å². The lowest BCUT2D eigenvalue weighted by molar-refractivity contribution is -0.387. The molecule has 1 aromatic carbocycles. The quantitative estimate of drug-likeness (QED) is 0.676. The predicted octanol–water partition coefficient (Wildman–Crippen LogP) is 2.17. The molecular formula is C13H15FN2O4. The molecule has 0 bridgehead atoms. The van der Waals surface area contributed by atoms with Crippen LogP contribution in [0.2, 0.25) is 0 Å². The summed E-state index contributed by atoms with van der Waals surface area (Å²) in [4.78, 5) is 22.8. The Morgan fingerprint density at radius 1 is 1.50 bits per heavy atom. The minimum atomic E-state index is -0.935. The first-order valence-electron chi connectivity index (χ1n) is 6.39. The van der Waals surface area contributed by atoms with Crippen LogP contribution in [0.25, 0.3) is 0 Å². The lowest BCUT2D eigenvalue weighted by Gasteiger charge is -2.32. The number of piperidine rings is 1. The molecular weight excluding hydrogens is 267 g/mol. The Kier molecular flexibility index (Phi) is 4.29. The third-order valence-corrected chi connectivity index (χ3v) is 3.53. The van der Waals surface area contributed by atoms with Crippen LogP contribution in [0.1, 0.15) is 24.8 Å². The fraction of sp³-hybridized carbons (Fsp3) is 0.462. The van der Waals surface area contributed by atoms with Crippen molar-refractivity contribution in [2.45, 2.75) is 31.8 Å². The van der Waals surface area contributed by atoms with E-state index >= 15 is 0 Å². The molecule has 0 aliphatic carbocycles. The maximum absolute atomic E-state index is 14.0. The molecule has 1 aliphatic rings. The first kappa shape index (κ1) is 14.4. The molecule has 0 radical (unpaired) electrons. The number of rotatable bonds is 4. The zero-order valence-electron chi connectivity index (χ0n) is 10.8. The average molecular weight is 282 g/mol. The Labute approximate surface area is 115 Å². The first-order valence-corrected chi connectivity index (χ1v) is 6.39. The molecule has 1 aliphatic heterocycles. The number of nitro benzene ring substituents is 1. The molecule has 1 atom stereocenters. The van der Waals surface area contributed by atoms with Crippen molar-refractivity contribution in [1.29, 1.82) is 0 Å². The molecule has 1 N–H and O–H groups in total. The van der Waals surface area contributed by atoms with Gasteiger partial charge in [0.2, 0.25) is 5.82 Å². The predicted molar refractivity (Wildman–Crippen MR) is 68.7 cm³/mol. The first-order chi connectivity index (χ1) is 9.50. The third kappa shape index (κ3) is 2.93. The second-order valence-electron chi connectivity index (χ2n) is 4.83. The van der Waals surface area contributed by atoms with Gasteiger partial charge in [-0.25, -0.2) is 0 Å². The molecule has 1 unspecified atom stereocenters. The number of carbonyl (C=O) groups is 1. The van der Waals surface area contributed by atoms with Crippen molar-refractivity contribution in [3.63, 3.8) is 0 Å². The number of nitrogens with zero attached hydrogens (tertiary/aromatic N) is 2. The summed E-state index contributed by atoms with van der Waals surface area (Å²) in [7, 11) is 0. The molecule has 1 saturated heterocycles. The molecule has 6 nitrogen and oxygen atoms in total. The Hall–Kier alpha value is -2.02. The standard InChI is InChI=1S/C13H15FN2O4/c14-12-9(4-3-6-10(12)16(19)20)8-15-7-2-1-5-11(15)13(17)18/h3-4,6,11H,1-2,5,7-8H2,(H,17,18). The number of carboxylic acid groups (broad SMARTS) is 1. The normalized spacial score (nSPS) is 19.8. The number of carboxylic acids is 1. The number of benzene rings is 1. The highest BCUT2D eigenvalue weighted by atomic mass is 19.1. The third-order valence-electron chi connectivity index (χ3n) is 3.53. The lowest BCUT2D eigenvalue weighted by atomic mass is 10.0. The van der Waals surface area contributed by atoms with Gasteiger partial charge in [0, 0.05) is 18.2 Å². The van der Waals surface area contributed by atoms with E-state index in [9.17, 15) is 19.3 Å². The van der Waals surface area contributed by atoms with Crippen molar-refractivity contribution in [2.75, 3.05) is 6.54 Å². The van der Waals surface area contributed by atoms with Gasteiger partial charge in [-0.2, -0.15) is 4.39 Å². The molecule has 0 saturated carbocycles. The molecule has 1 aromatic rings. The monoisotopic (exact) mass is 282 g/mol. The smallest absolute Gasteiger partial charge is 0.320 e. The van der Waals surface area contributed by atoms with E-state index in [2.05, 4.69) is 0 Å². The summed E-state index contributed by atoms with van der Waals surface area (Å²) >= 11 is 0. The fourth-order valence-corrected chi connectivity index (χ4v) is 2.51. The highest BCUT2D eigenvalue weighted by Gasteiger charge is 2.29. The van der Waals surface area contributed by atoms with Crippen LogP contribution in [0.5, 0.6) is 0 Å². The van der Waals surface area contributed by atoms with E-state index in [0.29, 0.717) is 13.0 Å².